The van der Waals surface area contributed by atoms with Gasteiger partial charge in [0.05, 0.1) is 29.4 Å². The predicted octanol–water partition coefficient (Wildman–Crippen LogP) is 2.86. The first-order chi connectivity index (χ1) is 11.6. The van der Waals surface area contributed by atoms with Gasteiger partial charge in [-0.25, -0.2) is 14.2 Å². The maximum Gasteiger partial charge on any atom is 0.318 e. The lowest BCUT2D eigenvalue weighted by Gasteiger charge is -2.25. The summed E-state index contributed by atoms with van der Waals surface area (Å²) in [6, 6.07) is 5.58. The van der Waals surface area contributed by atoms with Crippen LogP contribution in [0.5, 0.6) is 0 Å². The van der Waals surface area contributed by atoms with Gasteiger partial charge in [0.25, 0.3) is 0 Å². The molecule has 2 N–H and O–H groups in total. The van der Waals surface area contributed by atoms with Gasteiger partial charge >= 0.3 is 6.03 Å². The van der Waals surface area contributed by atoms with Crippen molar-refractivity contribution in [2.75, 3.05) is 6.54 Å². The van der Waals surface area contributed by atoms with E-state index in [4.69, 9.17) is 0 Å². The molecule has 2 heterocycles. The van der Waals surface area contributed by atoms with Gasteiger partial charge in [-0.15, -0.1) is 11.3 Å². The van der Waals surface area contributed by atoms with Gasteiger partial charge in [0.1, 0.15) is 5.82 Å². The zero-order chi connectivity index (χ0) is 17.1. The number of aryl methyl sites for hydroxylation is 1. The number of carbonyl (C=O) groups is 1. The van der Waals surface area contributed by atoms with Crippen LogP contribution in [0.2, 0.25) is 0 Å². The minimum atomic E-state index is -0.602. The van der Waals surface area contributed by atoms with Crippen molar-refractivity contribution in [2.24, 2.45) is 0 Å². The summed E-state index contributed by atoms with van der Waals surface area (Å²) in [4.78, 5) is 18.5. The molecule has 0 unspecified atom stereocenters. The van der Waals surface area contributed by atoms with Crippen LogP contribution in [0.25, 0.3) is 0 Å². The van der Waals surface area contributed by atoms with Crippen LogP contribution < -0.4 is 5.32 Å². The van der Waals surface area contributed by atoms with Gasteiger partial charge in [-0.2, -0.15) is 0 Å². The van der Waals surface area contributed by atoms with Gasteiger partial charge in [0, 0.05) is 11.9 Å². The Morgan fingerprint density at radius 2 is 2.38 bits per heavy atom. The minimum absolute atomic E-state index is 0.240. The van der Waals surface area contributed by atoms with Crippen molar-refractivity contribution < 1.29 is 14.3 Å². The summed E-state index contributed by atoms with van der Waals surface area (Å²) >= 11 is 1.58. The fourth-order valence-corrected chi connectivity index (χ4v) is 3.67. The summed E-state index contributed by atoms with van der Waals surface area (Å²) in [6.07, 6.45) is 0.682. The summed E-state index contributed by atoms with van der Waals surface area (Å²) in [5.41, 5.74) is 1.52. The van der Waals surface area contributed by atoms with Gasteiger partial charge in [-0.3, -0.25) is 0 Å². The molecule has 0 spiro atoms. The van der Waals surface area contributed by atoms with Crippen molar-refractivity contribution in [3.63, 3.8) is 0 Å². The van der Waals surface area contributed by atoms with Crippen LogP contribution in [0, 0.1) is 5.82 Å². The lowest BCUT2D eigenvalue weighted by atomic mass is 10.0. The number of aromatic nitrogens is 1. The number of halogens is 1. The summed E-state index contributed by atoms with van der Waals surface area (Å²) in [5, 5.41) is 15.8. The Kier molecular flexibility index (Phi) is 5.11. The maximum atomic E-state index is 13.5. The third-order valence-corrected chi connectivity index (χ3v) is 5.14. The molecule has 0 bridgehead atoms. The Bertz CT molecular complexity index is 721. The van der Waals surface area contributed by atoms with Crippen LogP contribution in [0.1, 0.15) is 35.7 Å². The highest BCUT2D eigenvalue weighted by molar-refractivity contribution is 7.09. The molecule has 1 aromatic heterocycles. The number of nitrogens with one attached hydrogen (secondary N) is 1. The van der Waals surface area contributed by atoms with E-state index in [1.165, 1.54) is 12.1 Å². The highest BCUT2D eigenvalue weighted by Crippen LogP contribution is 2.32. The first kappa shape index (κ1) is 16.9. The fraction of sp³-hybridized carbons (Fsp3) is 0.412. The fourth-order valence-electron chi connectivity index (χ4n) is 2.93. The molecule has 1 aromatic carbocycles. The molecule has 1 aliphatic heterocycles. The van der Waals surface area contributed by atoms with Crippen molar-refractivity contribution in [3.8, 4) is 0 Å². The molecular formula is C17H20FN3O2S. The third-order valence-electron chi connectivity index (χ3n) is 4.10. The van der Waals surface area contributed by atoms with Crippen LogP contribution >= 0.6 is 11.3 Å². The van der Waals surface area contributed by atoms with Crippen LogP contribution in [0.4, 0.5) is 9.18 Å². The quantitative estimate of drug-likeness (QED) is 0.892. The molecule has 2 atom stereocenters. The van der Waals surface area contributed by atoms with Crippen molar-refractivity contribution in [2.45, 2.75) is 38.5 Å². The number of β-amino-alcohol motifs (C(OH)–C–C–N with tert-alkyl or cyclic N) is 1. The molecule has 2 aromatic rings. The average molecular weight is 349 g/mol. The third kappa shape index (κ3) is 3.73. The number of aliphatic hydroxyl groups is 1. The average Bonchev–Trinajstić information content (AvgIpc) is 3.19. The van der Waals surface area contributed by atoms with Gasteiger partial charge < -0.3 is 15.3 Å². The second-order valence-corrected chi connectivity index (χ2v) is 6.80. The molecule has 3 rings (SSSR count). The number of rotatable bonds is 4. The number of nitrogens with zero attached hydrogens (tertiary/aromatic N) is 2. The monoisotopic (exact) mass is 349 g/mol. The second-order valence-electron chi connectivity index (χ2n) is 5.86. The lowest BCUT2D eigenvalue weighted by Crippen LogP contribution is -2.40. The number of aliphatic hydroxyl groups excluding tert-OH is 1. The van der Waals surface area contributed by atoms with Crippen molar-refractivity contribution in [3.05, 3.63) is 51.7 Å². The topological polar surface area (TPSA) is 65.5 Å². The Labute approximate surface area is 144 Å². The number of amides is 2. The van der Waals surface area contributed by atoms with Crippen LogP contribution in [-0.2, 0) is 13.0 Å². The van der Waals surface area contributed by atoms with Crippen LogP contribution in [-0.4, -0.2) is 33.7 Å². The molecule has 5 nitrogen and oxygen atoms in total. The second kappa shape index (κ2) is 7.27. The van der Waals surface area contributed by atoms with Crippen molar-refractivity contribution >= 4 is 17.4 Å². The van der Waals surface area contributed by atoms with E-state index in [-0.39, 0.29) is 24.4 Å². The number of hydrogen-bond acceptors (Lipinski definition) is 4. The molecule has 24 heavy (non-hydrogen) atoms. The molecule has 128 valence electrons. The van der Waals surface area contributed by atoms with E-state index in [1.807, 2.05) is 12.3 Å². The Balaban J connectivity index is 1.67. The van der Waals surface area contributed by atoms with Crippen molar-refractivity contribution in [1.82, 2.24) is 15.2 Å². The first-order valence-electron chi connectivity index (χ1n) is 7.98. The van der Waals surface area contributed by atoms with E-state index >= 15 is 0 Å². The highest BCUT2D eigenvalue weighted by atomic mass is 32.1. The maximum absolute atomic E-state index is 13.5. The summed E-state index contributed by atoms with van der Waals surface area (Å²) in [6.45, 7) is 2.62. The molecule has 0 aliphatic carbocycles. The number of urea groups is 1. The molecule has 1 fully saturated rings. The number of likely N-dealkylation sites (tertiary alicyclic amines) is 1. The number of thiazole rings is 1. The van der Waals surface area contributed by atoms with E-state index < -0.39 is 6.10 Å². The zero-order valence-electron chi connectivity index (χ0n) is 13.4. The summed E-state index contributed by atoms with van der Waals surface area (Å²) < 4.78 is 13.5. The van der Waals surface area contributed by atoms with Gasteiger partial charge in [0.2, 0.25) is 0 Å². The van der Waals surface area contributed by atoms with Gasteiger partial charge in [-0.05, 0) is 30.5 Å². The SMILES string of the molecule is CCc1nc(CNC(=O)N2C[C@@H](O)C[C@@H]2c2cccc(F)c2)cs1. The lowest BCUT2D eigenvalue weighted by molar-refractivity contribution is 0.169. The minimum Gasteiger partial charge on any atom is -0.391 e. The number of carbonyl (C=O) groups excluding carboxylic acids is 1. The van der Waals surface area contributed by atoms with Crippen LogP contribution in [0.15, 0.2) is 29.6 Å². The van der Waals surface area contributed by atoms with E-state index in [1.54, 1.807) is 28.4 Å². The summed E-state index contributed by atoms with van der Waals surface area (Å²) in [5.74, 6) is -0.344. The molecular weight excluding hydrogens is 329 g/mol. The Hall–Kier alpha value is -1.99. The highest BCUT2D eigenvalue weighted by Gasteiger charge is 2.35. The van der Waals surface area contributed by atoms with Gasteiger partial charge in [0.15, 0.2) is 0 Å². The predicted molar refractivity (Wildman–Crippen MR) is 90.2 cm³/mol. The zero-order valence-corrected chi connectivity index (χ0v) is 14.2. The van der Waals surface area contributed by atoms with Gasteiger partial charge in [-0.1, -0.05) is 19.1 Å². The Morgan fingerprint density at radius 1 is 1.54 bits per heavy atom. The van der Waals surface area contributed by atoms with E-state index in [9.17, 15) is 14.3 Å². The number of benzene rings is 1. The molecule has 0 saturated carbocycles. The smallest absolute Gasteiger partial charge is 0.318 e. The normalized spacial score (nSPS) is 20.4. The summed E-state index contributed by atoms with van der Waals surface area (Å²) in [7, 11) is 0. The number of hydrogen-bond donors (Lipinski definition) is 2. The molecule has 2 amide bonds. The molecule has 1 saturated heterocycles. The van der Waals surface area contributed by atoms with E-state index in [2.05, 4.69) is 10.3 Å². The van der Waals surface area contributed by atoms with Crippen LogP contribution in [0.3, 0.4) is 0 Å². The molecule has 7 heteroatoms. The van der Waals surface area contributed by atoms with E-state index in [0.717, 1.165) is 17.1 Å². The molecule has 0 radical (unpaired) electrons. The Morgan fingerprint density at radius 3 is 3.08 bits per heavy atom. The standard InChI is InChI=1S/C17H20FN3O2S/c1-2-16-20-13(10-24-16)8-19-17(23)21-9-14(22)7-15(21)11-4-3-5-12(18)6-11/h3-6,10,14-15,22H,2,7-9H2,1H3,(H,19,23)/t14-,15+/m0/s1. The largest absolute Gasteiger partial charge is 0.391 e. The van der Waals surface area contributed by atoms with E-state index in [0.29, 0.717) is 18.5 Å². The first-order valence-corrected chi connectivity index (χ1v) is 8.86. The molecule has 1 aliphatic rings. The van der Waals surface area contributed by atoms with Crippen molar-refractivity contribution in [1.29, 1.82) is 0 Å².